The summed E-state index contributed by atoms with van der Waals surface area (Å²) >= 11 is 0. The summed E-state index contributed by atoms with van der Waals surface area (Å²) in [7, 11) is 0. The average molecular weight is 346 g/mol. The van der Waals surface area contributed by atoms with Crippen molar-refractivity contribution >= 4 is 5.69 Å². The van der Waals surface area contributed by atoms with E-state index in [2.05, 4.69) is 91.3 Å². The molecule has 1 aliphatic rings. The van der Waals surface area contributed by atoms with Gasteiger partial charge in [0.2, 0.25) is 0 Å². The van der Waals surface area contributed by atoms with E-state index in [1.165, 1.54) is 43.4 Å². The van der Waals surface area contributed by atoms with Gasteiger partial charge in [-0.05, 0) is 36.5 Å². The van der Waals surface area contributed by atoms with Gasteiger partial charge in [0.15, 0.2) is 0 Å². The van der Waals surface area contributed by atoms with Crippen LogP contribution in [-0.4, -0.2) is 6.04 Å². The quantitative estimate of drug-likeness (QED) is 0.575. The van der Waals surface area contributed by atoms with E-state index in [9.17, 15) is 0 Å². The third-order valence-corrected chi connectivity index (χ3v) is 5.24. The Bertz CT molecular complexity index is 702. The van der Waals surface area contributed by atoms with Gasteiger partial charge in [-0.15, -0.1) is 0 Å². The first kappa shape index (κ1) is 18.6. The van der Waals surface area contributed by atoms with E-state index in [1.54, 1.807) is 0 Å². The zero-order valence-corrected chi connectivity index (χ0v) is 16.2. The molecule has 0 spiro atoms. The topological polar surface area (TPSA) is 3.24 Å². The molecule has 1 aliphatic carbocycles. The third kappa shape index (κ3) is 5.15. The summed E-state index contributed by atoms with van der Waals surface area (Å²) < 4.78 is 0. The van der Waals surface area contributed by atoms with E-state index in [0.717, 1.165) is 6.54 Å². The highest BCUT2D eigenvalue weighted by atomic mass is 15.2. The number of benzene rings is 2. The Balaban J connectivity index is 1.95. The van der Waals surface area contributed by atoms with E-state index < -0.39 is 0 Å². The zero-order valence-electron chi connectivity index (χ0n) is 16.2. The molecule has 0 radical (unpaired) electrons. The summed E-state index contributed by atoms with van der Waals surface area (Å²) in [5.41, 5.74) is 2.63. The van der Waals surface area contributed by atoms with E-state index in [4.69, 9.17) is 0 Å². The van der Waals surface area contributed by atoms with Crippen LogP contribution in [-0.2, 0) is 6.54 Å². The molecule has 0 bridgehead atoms. The number of hydrogen-bond donors (Lipinski definition) is 0. The van der Waals surface area contributed by atoms with E-state index in [1.807, 2.05) is 0 Å². The molecule has 2 aromatic carbocycles. The molecule has 1 atom stereocenters. The van der Waals surface area contributed by atoms with Gasteiger partial charge in [0.1, 0.15) is 0 Å². The normalized spacial score (nSPS) is 16.0. The van der Waals surface area contributed by atoms with Crippen molar-refractivity contribution < 1.29 is 0 Å². The standard InChI is InChI=1S/C25H31N/c1-21(2)18-19-25(23-14-8-4-9-15-23)26(24-16-10-5-11-17-24)20-22-12-6-3-7-13-22/h3,5-7,10-13,16-17,21,23,25H,4,8-9,14-15,20H2,1-2H3. The van der Waals surface area contributed by atoms with Crippen LogP contribution < -0.4 is 4.90 Å². The van der Waals surface area contributed by atoms with Crippen LogP contribution in [0.15, 0.2) is 60.7 Å². The van der Waals surface area contributed by atoms with Gasteiger partial charge in [-0.2, -0.15) is 0 Å². The Labute approximate surface area is 159 Å². The van der Waals surface area contributed by atoms with Crippen LogP contribution in [0.25, 0.3) is 0 Å². The van der Waals surface area contributed by atoms with Crippen LogP contribution in [0.5, 0.6) is 0 Å². The fourth-order valence-electron chi connectivity index (χ4n) is 3.90. The molecule has 1 heteroatoms. The Morgan fingerprint density at radius 3 is 2.08 bits per heavy atom. The summed E-state index contributed by atoms with van der Waals surface area (Å²) in [5.74, 6) is 8.25. The lowest BCUT2D eigenvalue weighted by atomic mass is 9.83. The van der Waals surface area contributed by atoms with Crippen molar-refractivity contribution in [3.63, 3.8) is 0 Å². The predicted molar refractivity (Wildman–Crippen MR) is 112 cm³/mol. The van der Waals surface area contributed by atoms with Gasteiger partial charge in [0, 0.05) is 18.2 Å². The van der Waals surface area contributed by atoms with Crippen LogP contribution in [0.2, 0.25) is 0 Å². The van der Waals surface area contributed by atoms with Crippen LogP contribution in [0.4, 0.5) is 5.69 Å². The lowest BCUT2D eigenvalue weighted by Gasteiger charge is -2.37. The molecular formula is C25H31N. The molecule has 0 amide bonds. The van der Waals surface area contributed by atoms with Crippen molar-refractivity contribution in [1.82, 2.24) is 0 Å². The highest BCUT2D eigenvalue weighted by molar-refractivity contribution is 5.50. The summed E-state index contributed by atoms with van der Waals surface area (Å²) in [5, 5.41) is 0. The van der Waals surface area contributed by atoms with Gasteiger partial charge >= 0.3 is 0 Å². The minimum Gasteiger partial charge on any atom is -0.353 e. The number of rotatable bonds is 5. The highest BCUT2D eigenvalue weighted by Gasteiger charge is 2.28. The van der Waals surface area contributed by atoms with Gasteiger partial charge in [-0.25, -0.2) is 0 Å². The molecule has 26 heavy (non-hydrogen) atoms. The van der Waals surface area contributed by atoms with Crippen molar-refractivity contribution in [2.45, 2.75) is 58.5 Å². The zero-order chi connectivity index (χ0) is 18.2. The molecule has 136 valence electrons. The minimum absolute atomic E-state index is 0.292. The van der Waals surface area contributed by atoms with Crippen LogP contribution >= 0.6 is 0 Å². The molecule has 2 aromatic rings. The third-order valence-electron chi connectivity index (χ3n) is 5.24. The number of para-hydroxylation sites is 1. The summed E-state index contributed by atoms with van der Waals surface area (Å²) in [4.78, 5) is 2.54. The Morgan fingerprint density at radius 1 is 0.846 bits per heavy atom. The smallest absolute Gasteiger partial charge is 0.0935 e. The molecule has 0 saturated heterocycles. The molecule has 1 saturated carbocycles. The van der Waals surface area contributed by atoms with Crippen molar-refractivity contribution in [3.8, 4) is 11.8 Å². The Hall–Kier alpha value is -2.20. The summed E-state index contributed by atoms with van der Waals surface area (Å²) in [6, 6.07) is 21.9. The molecule has 0 heterocycles. The van der Waals surface area contributed by atoms with Crippen molar-refractivity contribution in [3.05, 3.63) is 66.2 Å². The Kier molecular flexibility index (Phi) is 6.78. The largest absolute Gasteiger partial charge is 0.353 e. The molecular weight excluding hydrogens is 314 g/mol. The summed E-state index contributed by atoms with van der Waals surface area (Å²) in [6.45, 7) is 5.29. The Morgan fingerprint density at radius 2 is 1.46 bits per heavy atom. The van der Waals surface area contributed by atoms with E-state index >= 15 is 0 Å². The molecule has 0 aromatic heterocycles. The molecule has 1 nitrogen and oxygen atoms in total. The van der Waals surface area contributed by atoms with Crippen molar-refractivity contribution in [2.75, 3.05) is 4.90 Å². The van der Waals surface area contributed by atoms with Crippen LogP contribution in [0, 0.1) is 23.7 Å². The maximum atomic E-state index is 3.68. The van der Waals surface area contributed by atoms with Gasteiger partial charge in [-0.3, -0.25) is 0 Å². The minimum atomic E-state index is 0.292. The number of anilines is 1. The second-order valence-corrected chi connectivity index (χ2v) is 7.74. The SMILES string of the molecule is CC(C)C#CC(C1CCCCC1)N(Cc1ccccc1)c1ccccc1. The van der Waals surface area contributed by atoms with Gasteiger partial charge < -0.3 is 4.90 Å². The maximum Gasteiger partial charge on any atom is 0.0935 e. The molecule has 0 N–H and O–H groups in total. The molecule has 1 fully saturated rings. The van der Waals surface area contributed by atoms with Crippen LogP contribution in [0.3, 0.4) is 0 Å². The first-order valence-electron chi connectivity index (χ1n) is 10.1. The highest BCUT2D eigenvalue weighted by Crippen LogP contribution is 2.32. The first-order chi connectivity index (χ1) is 12.7. The fourth-order valence-corrected chi connectivity index (χ4v) is 3.90. The summed E-state index contributed by atoms with van der Waals surface area (Å²) in [6.07, 6.45) is 6.67. The average Bonchev–Trinajstić information content (AvgIpc) is 2.69. The van der Waals surface area contributed by atoms with Crippen molar-refractivity contribution in [1.29, 1.82) is 0 Å². The molecule has 1 unspecified atom stereocenters. The lowest BCUT2D eigenvalue weighted by Crippen LogP contribution is -2.40. The van der Waals surface area contributed by atoms with E-state index in [0.29, 0.717) is 17.9 Å². The van der Waals surface area contributed by atoms with Crippen molar-refractivity contribution in [2.24, 2.45) is 11.8 Å². The van der Waals surface area contributed by atoms with Gasteiger partial charge in [-0.1, -0.05) is 93.5 Å². The van der Waals surface area contributed by atoms with E-state index in [-0.39, 0.29) is 0 Å². The fraction of sp³-hybridized carbons (Fsp3) is 0.440. The second-order valence-electron chi connectivity index (χ2n) is 7.74. The predicted octanol–water partition coefficient (Wildman–Crippen LogP) is 6.30. The lowest BCUT2D eigenvalue weighted by molar-refractivity contribution is 0.325. The molecule has 0 aliphatic heterocycles. The van der Waals surface area contributed by atoms with Gasteiger partial charge in [0.25, 0.3) is 0 Å². The van der Waals surface area contributed by atoms with Crippen LogP contribution in [0.1, 0.15) is 51.5 Å². The van der Waals surface area contributed by atoms with Gasteiger partial charge in [0.05, 0.1) is 6.04 Å². The second kappa shape index (κ2) is 9.48. The number of nitrogens with zero attached hydrogens (tertiary/aromatic N) is 1. The number of hydrogen-bond acceptors (Lipinski definition) is 1. The first-order valence-corrected chi connectivity index (χ1v) is 10.1. The maximum absolute atomic E-state index is 3.68. The monoisotopic (exact) mass is 345 g/mol. The molecule has 3 rings (SSSR count).